The van der Waals surface area contributed by atoms with E-state index < -0.39 is 5.60 Å². The van der Waals surface area contributed by atoms with Crippen LogP contribution in [0.4, 0.5) is 4.79 Å². The van der Waals surface area contributed by atoms with Crippen molar-refractivity contribution >= 4 is 6.09 Å². The number of aryl methyl sites for hydroxylation is 1. The molecule has 0 spiro atoms. The number of nitrogens with zero attached hydrogens (tertiary/aromatic N) is 3. The summed E-state index contributed by atoms with van der Waals surface area (Å²) in [5.41, 5.74) is 1.04. The van der Waals surface area contributed by atoms with Gasteiger partial charge in [-0.25, -0.2) is 4.79 Å². The summed E-state index contributed by atoms with van der Waals surface area (Å²) in [5.74, 6) is 1.20. The molecule has 1 aliphatic heterocycles. The van der Waals surface area contributed by atoms with Crippen LogP contribution in [-0.2, 0) is 11.2 Å². The minimum atomic E-state index is -0.510. The number of pyridine rings is 1. The monoisotopic (exact) mass is 389 g/mol. The number of carbonyl (C=O) groups is 1. The van der Waals surface area contributed by atoms with Gasteiger partial charge in [0.1, 0.15) is 18.0 Å². The molecule has 0 aliphatic carbocycles. The molecular weight excluding hydrogens is 362 g/mol. The van der Waals surface area contributed by atoms with Crippen LogP contribution in [0.15, 0.2) is 29.0 Å². The van der Waals surface area contributed by atoms with Crippen LogP contribution in [-0.4, -0.2) is 57.6 Å². The molecule has 3 heterocycles. The number of amides is 1. The Morgan fingerprint density at radius 3 is 2.86 bits per heavy atom. The lowest BCUT2D eigenvalue weighted by Crippen LogP contribution is -2.55. The first-order valence-electron chi connectivity index (χ1n) is 9.50. The number of likely N-dealkylation sites (tertiary alicyclic amines) is 1. The molecule has 1 amide bonds. The molecule has 0 bridgehead atoms. The Balaban J connectivity index is 1.56. The van der Waals surface area contributed by atoms with Gasteiger partial charge in [0.05, 0.1) is 17.9 Å². The number of carbonyl (C=O) groups excluding carboxylic acids is 1. The van der Waals surface area contributed by atoms with Gasteiger partial charge < -0.3 is 24.0 Å². The second kappa shape index (κ2) is 8.60. The van der Waals surface area contributed by atoms with E-state index in [4.69, 9.17) is 19.1 Å². The standard InChI is InChI=1S/C20H27N3O5/c1-20(2,3)27-19(25)23-7-6-16(23)13-26-17-9-14(11-21-12-17)18-10-15(22-28-18)5-4-8-24/h9-12,16,24H,4-8,13H2,1-3H3/t16-/m0/s1. The molecule has 28 heavy (non-hydrogen) atoms. The number of aliphatic hydroxyl groups is 1. The second-order valence-corrected chi connectivity index (χ2v) is 7.85. The van der Waals surface area contributed by atoms with Crippen molar-refractivity contribution in [1.29, 1.82) is 0 Å². The smallest absolute Gasteiger partial charge is 0.410 e. The molecule has 2 aromatic rings. The molecule has 0 unspecified atom stereocenters. The first kappa shape index (κ1) is 20.1. The zero-order chi connectivity index (χ0) is 20.1. The van der Waals surface area contributed by atoms with Crippen LogP contribution >= 0.6 is 0 Å². The third-order valence-corrected chi connectivity index (χ3v) is 4.36. The molecular formula is C20H27N3O5. The Labute approximate surface area is 164 Å². The molecule has 0 saturated carbocycles. The maximum atomic E-state index is 12.2. The van der Waals surface area contributed by atoms with E-state index in [9.17, 15) is 4.79 Å². The lowest BCUT2D eigenvalue weighted by Gasteiger charge is -2.40. The zero-order valence-electron chi connectivity index (χ0n) is 16.6. The van der Waals surface area contributed by atoms with Gasteiger partial charge in [0.15, 0.2) is 5.76 Å². The predicted octanol–water partition coefficient (Wildman–Crippen LogP) is 3.05. The Morgan fingerprint density at radius 1 is 1.36 bits per heavy atom. The van der Waals surface area contributed by atoms with Crippen molar-refractivity contribution < 1.29 is 23.9 Å². The van der Waals surface area contributed by atoms with E-state index in [-0.39, 0.29) is 18.7 Å². The van der Waals surface area contributed by atoms with Crippen molar-refractivity contribution in [3.05, 3.63) is 30.2 Å². The van der Waals surface area contributed by atoms with Gasteiger partial charge in [-0.3, -0.25) is 4.98 Å². The molecule has 1 aliphatic rings. The third kappa shape index (κ3) is 5.22. The van der Waals surface area contributed by atoms with Crippen LogP contribution in [0.1, 0.15) is 39.3 Å². The molecule has 1 atom stereocenters. The van der Waals surface area contributed by atoms with E-state index in [0.717, 1.165) is 17.7 Å². The van der Waals surface area contributed by atoms with E-state index in [0.29, 0.717) is 37.5 Å². The third-order valence-electron chi connectivity index (χ3n) is 4.36. The fraction of sp³-hybridized carbons (Fsp3) is 0.550. The Morgan fingerprint density at radius 2 is 2.18 bits per heavy atom. The topological polar surface area (TPSA) is 97.9 Å². The van der Waals surface area contributed by atoms with Crippen LogP contribution in [0.2, 0.25) is 0 Å². The number of aliphatic hydroxyl groups excluding tert-OH is 1. The minimum Gasteiger partial charge on any atom is -0.490 e. The summed E-state index contributed by atoms with van der Waals surface area (Å²) in [7, 11) is 0. The first-order chi connectivity index (χ1) is 13.4. The molecule has 1 fully saturated rings. The predicted molar refractivity (Wildman–Crippen MR) is 102 cm³/mol. The highest BCUT2D eigenvalue weighted by Crippen LogP contribution is 2.26. The van der Waals surface area contributed by atoms with Crippen molar-refractivity contribution in [2.75, 3.05) is 19.8 Å². The summed E-state index contributed by atoms with van der Waals surface area (Å²) in [6, 6.07) is 3.67. The SMILES string of the molecule is CC(C)(C)OC(=O)N1CC[C@H]1COc1cncc(-c2cc(CCCO)no2)c1. The highest BCUT2D eigenvalue weighted by atomic mass is 16.6. The van der Waals surface area contributed by atoms with E-state index >= 15 is 0 Å². The van der Waals surface area contributed by atoms with Crippen LogP contribution in [0.3, 0.4) is 0 Å². The highest BCUT2D eigenvalue weighted by molar-refractivity contribution is 5.69. The molecule has 2 aromatic heterocycles. The number of ether oxygens (including phenoxy) is 2. The maximum absolute atomic E-state index is 12.2. The van der Waals surface area contributed by atoms with Gasteiger partial charge in [0.25, 0.3) is 0 Å². The van der Waals surface area contributed by atoms with E-state index in [1.54, 1.807) is 17.3 Å². The van der Waals surface area contributed by atoms with Gasteiger partial charge >= 0.3 is 6.09 Å². The fourth-order valence-corrected chi connectivity index (χ4v) is 2.83. The molecule has 152 valence electrons. The van der Waals surface area contributed by atoms with Gasteiger partial charge in [0.2, 0.25) is 0 Å². The quantitative estimate of drug-likeness (QED) is 0.777. The second-order valence-electron chi connectivity index (χ2n) is 7.85. The molecule has 0 aromatic carbocycles. The summed E-state index contributed by atoms with van der Waals surface area (Å²) in [6.45, 7) is 6.73. The average Bonchev–Trinajstić information content (AvgIpc) is 3.06. The maximum Gasteiger partial charge on any atom is 0.410 e. The number of rotatable bonds is 7. The van der Waals surface area contributed by atoms with E-state index in [1.807, 2.05) is 32.9 Å². The largest absolute Gasteiger partial charge is 0.490 e. The van der Waals surface area contributed by atoms with Gasteiger partial charge in [-0.15, -0.1) is 0 Å². The summed E-state index contributed by atoms with van der Waals surface area (Å²) >= 11 is 0. The fourth-order valence-electron chi connectivity index (χ4n) is 2.83. The van der Waals surface area contributed by atoms with Crippen LogP contribution in [0, 0.1) is 0 Å². The van der Waals surface area contributed by atoms with Crippen molar-refractivity contribution in [1.82, 2.24) is 15.0 Å². The van der Waals surface area contributed by atoms with Crippen molar-refractivity contribution in [2.45, 2.75) is 51.7 Å². The van der Waals surface area contributed by atoms with Gasteiger partial charge in [0, 0.05) is 31.0 Å². The van der Waals surface area contributed by atoms with Crippen LogP contribution in [0.5, 0.6) is 5.75 Å². The normalized spacial score (nSPS) is 16.6. The lowest BCUT2D eigenvalue weighted by molar-refractivity contribution is -0.0141. The minimum absolute atomic E-state index is 0.00568. The van der Waals surface area contributed by atoms with Crippen molar-refractivity contribution in [3.63, 3.8) is 0 Å². The van der Waals surface area contributed by atoms with Gasteiger partial charge in [-0.2, -0.15) is 0 Å². The summed E-state index contributed by atoms with van der Waals surface area (Å²) in [4.78, 5) is 18.1. The van der Waals surface area contributed by atoms with E-state index in [1.165, 1.54) is 0 Å². The summed E-state index contributed by atoms with van der Waals surface area (Å²) in [6.07, 6.45) is 5.18. The van der Waals surface area contributed by atoms with Gasteiger partial charge in [-0.05, 0) is 46.1 Å². The number of hydrogen-bond acceptors (Lipinski definition) is 7. The lowest BCUT2D eigenvalue weighted by atomic mass is 10.1. The van der Waals surface area contributed by atoms with Crippen LogP contribution in [0.25, 0.3) is 11.3 Å². The zero-order valence-corrected chi connectivity index (χ0v) is 16.6. The van der Waals surface area contributed by atoms with E-state index in [2.05, 4.69) is 10.1 Å². The molecule has 8 heteroatoms. The molecule has 1 N–H and O–H groups in total. The molecule has 8 nitrogen and oxygen atoms in total. The Hall–Kier alpha value is -2.61. The summed E-state index contributed by atoms with van der Waals surface area (Å²) < 4.78 is 16.6. The Bertz CT molecular complexity index is 799. The molecule has 0 radical (unpaired) electrons. The summed E-state index contributed by atoms with van der Waals surface area (Å²) in [5, 5.41) is 12.9. The molecule has 3 rings (SSSR count). The molecule has 1 saturated heterocycles. The highest BCUT2D eigenvalue weighted by Gasteiger charge is 2.35. The van der Waals surface area contributed by atoms with Crippen LogP contribution < -0.4 is 4.74 Å². The van der Waals surface area contributed by atoms with Crippen molar-refractivity contribution in [2.24, 2.45) is 0 Å². The average molecular weight is 389 g/mol. The van der Waals surface area contributed by atoms with Gasteiger partial charge in [-0.1, -0.05) is 5.16 Å². The first-order valence-corrected chi connectivity index (χ1v) is 9.50. The van der Waals surface area contributed by atoms with Crippen molar-refractivity contribution in [3.8, 4) is 17.1 Å². The number of aromatic nitrogens is 2. The number of hydrogen-bond donors (Lipinski definition) is 1. The Kier molecular flexibility index (Phi) is 6.18.